The van der Waals surface area contributed by atoms with Crippen LogP contribution in [0.25, 0.3) is 0 Å². The van der Waals surface area contributed by atoms with E-state index in [-0.39, 0.29) is 19.1 Å². The van der Waals surface area contributed by atoms with Gasteiger partial charge in [0.15, 0.2) is 18.1 Å². The number of aryl methyl sites for hydroxylation is 1. The summed E-state index contributed by atoms with van der Waals surface area (Å²) in [7, 11) is 4.65. The van der Waals surface area contributed by atoms with E-state index in [2.05, 4.69) is 15.5 Å². The second-order valence-electron chi connectivity index (χ2n) is 6.22. The first kappa shape index (κ1) is 21.0. The Morgan fingerprint density at radius 1 is 1.00 bits per heavy atom. The number of para-hydroxylation sites is 1. The molecular formula is C21H23N3O6. The molecule has 0 aliphatic carbocycles. The van der Waals surface area contributed by atoms with Crippen LogP contribution in [0.15, 0.2) is 40.9 Å². The Balaban J connectivity index is 1.72. The van der Waals surface area contributed by atoms with Gasteiger partial charge in [-0.1, -0.05) is 17.3 Å². The van der Waals surface area contributed by atoms with E-state index < -0.39 is 0 Å². The Labute approximate surface area is 173 Å². The molecule has 1 N–H and O–H groups in total. The van der Waals surface area contributed by atoms with Crippen LogP contribution in [0.3, 0.4) is 0 Å². The van der Waals surface area contributed by atoms with Crippen LogP contribution in [-0.4, -0.2) is 37.4 Å². The lowest BCUT2D eigenvalue weighted by Gasteiger charge is -2.15. The van der Waals surface area contributed by atoms with Crippen molar-refractivity contribution in [1.82, 2.24) is 15.5 Å². The van der Waals surface area contributed by atoms with Crippen molar-refractivity contribution in [3.8, 4) is 23.0 Å². The molecule has 0 unspecified atom stereocenters. The van der Waals surface area contributed by atoms with Gasteiger partial charge in [-0.2, -0.15) is 4.98 Å². The van der Waals surface area contributed by atoms with Crippen LogP contribution >= 0.6 is 0 Å². The largest absolute Gasteiger partial charge is 0.496 e. The first-order valence-corrected chi connectivity index (χ1v) is 9.13. The third-order valence-corrected chi connectivity index (χ3v) is 4.28. The van der Waals surface area contributed by atoms with Crippen molar-refractivity contribution >= 4 is 5.91 Å². The molecule has 1 heterocycles. The number of amides is 1. The van der Waals surface area contributed by atoms with Gasteiger partial charge >= 0.3 is 0 Å². The molecule has 0 saturated carbocycles. The summed E-state index contributed by atoms with van der Waals surface area (Å²) in [5.41, 5.74) is 1.13. The third-order valence-electron chi connectivity index (χ3n) is 4.28. The molecule has 0 fully saturated rings. The average Bonchev–Trinajstić information content (AvgIpc) is 3.20. The number of benzene rings is 2. The van der Waals surface area contributed by atoms with Crippen LogP contribution in [-0.2, 0) is 13.2 Å². The molecule has 0 aliphatic heterocycles. The summed E-state index contributed by atoms with van der Waals surface area (Å²) in [6.45, 7) is 2.01. The van der Waals surface area contributed by atoms with Gasteiger partial charge < -0.3 is 28.8 Å². The summed E-state index contributed by atoms with van der Waals surface area (Å²) in [4.78, 5) is 16.9. The number of rotatable bonds is 9. The van der Waals surface area contributed by atoms with Crippen LogP contribution < -0.4 is 24.3 Å². The number of hydrogen-bond donors (Lipinski definition) is 1. The molecular weight excluding hydrogens is 390 g/mol. The highest BCUT2D eigenvalue weighted by molar-refractivity contribution is 5.96. The minimum atomic E-state index is -0.299. The predicted octanol–water partition coefficient (Wildman–Crippen LogP) is 2.91. The Morgan fingerprint density at radius 3 is 2.37 bits per heavy atom. The normalized spacial score (nSPS) is 10.4. The summed E-state index contributed by atoms with van der Waals surface area (Å²) < 4.78 is 26.7. The Morgan fingerprint density at radius 2 is 1.70 bits per heavy atom. The molecule has 9 nitrogen and oxygen atoms in total. The smallest absolute Gasteiger partial charge is 0.255 e. The zero-order valence-corrected chi connectivity index (χ0v) is 17.2. The lowest BCUT2D eigenvalue weighted by atomic mass is 10.1. The Kier molecular flexibility index (Phi) is 6.74. The van der Waals surface area contributed by atoms with Crippen molar-refractivity contribution in [2.75, 3.05) is 21.3 Å². The van der Waals surface area contributed by atoms with Gasteiger partial charge in [-0.25, -0.2) is 0 Å². The standard InChI is InChI=1S/C21H23N3O6/c1-13-23-20(24-30-13)12-29-16-8-6-5-7-15(16)21(25)22-11-14-9-18(27-3)19(28-4)10-17(14)26-2/h5-10H,11-12H2,1-4H3,(H,22,25). The van der Waals surface area contributed by atoms with E-state index in [0.29, 0.717) is 40.3 Å². The van der Waals surface area contributed by atoms with Gasteiger partial charge in [-0.05, 0) is 18.2 Å². The van der Waals surface area contributed by atoms with Gasteiger partial charge in [0.1, 0.15) is 11.5 Å². The first-order valence-electron chi connectivity index (χ1n) is 9.13. The molecule has 9 heteroatoms. The van der Waals surface area contributed by atoms with E-state index in [1.165, 1.54) is 0 Å². The molecule has 0 radical (unpaired) electrons. The molecule has 1 aromatic heterocycles. The van der Waals surface area contributed by atoms with E-state index in [4.69, 9.17) is 23.5 Å². The molecule has 3 aromatic rings. The highest BCUT2D eigenvalue weighted by Crippen LogP contribution is 2.34. The summed E-state index contributed by atoms with van der Waals surface area (Å²) in [5.74, 6) is 2.62. The van der Waals surface area contributed by atoms with Crippen LogP contribution in [0.4, 0.5) is 0 Å². The number of hydrogen-bond acceptors (Lipinski definition) is 8. The van der Waals surface area contributed by atoms with Crippen molar-refractivity contribution in [2.45, 2.75) is 20.1 Å². The molecule has 158 valence electrons. The summed E-state index contributed by atoms with van der Waals surface area (Å²) in [6.07, 6.45) is 0. The number of nitrogens with zero attached hydrogens (tertiary/aromatic N) is 2. The molecule has 2 aromatic carbocycles. The molecule has 0 aliphatic rings. The first-order chi connectivity index (χ1) is 14.5. The molecule has 30 heavy (non-hydrogen) atoms. The van der Waals surface area contributed by atoms with Crippen LogP contribution in [0, 0.1) is 6.92 Å². The fourth-order valence-corrected chi connectivity index (χ4v) is 2.82. The van der Waals surface area contributed by atoms with Gasteiger partial charge in [0.05, 0.1) is 26.9 Å². The van der Waals surface area contributed by atoms with Gasteiger partial charge in [-0.15, -0.1) is 0 Å². The SMILES string of the molecule is COc1cc(OC)c(OC)cc1CNC(=O)c1ccccc1OCc1noc(C)n1. The zero-order valence-electron chi connectivity index (χ0n) is 17.2. The molecule has 1 amide bonds. The van der Waals surface area contributed by atoms with Crippen LogP contribution in [0.1, 0.15) is 27.6 Å². The van der Waals surface area contributed by atoms with Crippen molar-refractivity contribution in [1.29, 1.82) is 0 Å². The number of ether oxygens (including phenoxy) is 4. The number of methoxy groups -OCH3 is 3. The number of aromatic nitrogens is 2. The van der Waals surface area contributed by atoms with E-state index in [1.54, 1.807) is 64.7 Å². The summed E-state index contributed by atoms with van der Waals surface area (Å²) in [6, 6.07) is 10.4. The van der Waals surface area contributed by atoms with Gasteiger partial charge in [0, 0.05) is 25.1 Å². The van der Waals surface area contributed by atoms with Crippen LogP contribution in [0.5, 0.6) is 23.0 Å². The topological polar surface area (TPSA) is 105 Å². The zero-order chi connectivity index (χ0) is 21.5. The molecule has 0 bridgehead atoms. The fourth-order valence-electron chi connectivity index (χ4n) is 2.82. The lowest BCUT2D eigenvalue weighted by molar-refractivity contribution is 0.0946. The molecule has 0 saturated heterocycles. The highest BCUT2D eigenvalue weighted by atomic mass is 16.5. The van der Waals surface area contributed by atoms with E-state index in [0.717, 1.165) is 5.56 Å². The third kappa shape index (κ3) is 4.80. The maximum atomic E-state index is 12.8. The fraction of sp³-hybridized carbons (Fsp3) is 0.286. The predicted molar refractivity (Wildman–Crippen MR) is 107 cm³/mol. The lowest BCUT2D eigenvalue weighted by Crippen LogP contribution is -2.23. The van der Waals surface area contributed by atoms with E-state index in [1.807, 2.05) is 0 Å². The molecule has 0 atom stereocenters. The van der Waals surface area contributed by atoms with Crippen molar-refractivity contribution in [2.24, 2.45) is 0 Å². The van der Waals surface area contributed by atoms with E-state index in [9.17, 15) is 4.79 Å². The van der Waals surface area contributed by atoms with Crippen molar-refractivity contribution < 1.29 is 28.3 Å². The second kappa shape index (κ2) is 9.64. The van der Waals surface area contributed by atoms with E-state index >= 15 is 0 Å². The van der Waals surface area contributed by atoms with Crippen molar-refractivity contribution in [3.63, 3.8) is 0 Å². The average molecular weight is 413 g/mol. The van der Waals surface area contributed by atoms with Gasteiger partial charge in [0.2, 0.25) is 11.7 Å². The van der Waals surface area contributed by atoms with Crippen LogP contribution in [0.2, 0.25) is 0 Å². The maximum Gasteiger partial charge on any atom is 0.255 e. The minimum absolute atomic E-state index is 0.0884. The highest BCUT2D eigenvalue weighted by Gasteiger charge is 2.16. The minimum Gasteiger partial charge on any atom is -0.496 e. The number of carbonyl (C=O) groups is 1. The second-order valence-corrected chi connectivity index (χ2v) is 6.22. The maximum absolute atomic E-state index is 12.8. The Hall–Kier alpha value is -3.75. The number of nitrogens with one attached hydrogen (secondary N) is 1. The Bertz CT molecular complexity index is 1020. The quantitative estimate of drug-likeness (QED) is 0.571. The van der Waals surface area contributed by atoms with Crippen molar-refractivity contribution in [3.05, 3.63) is 59.2 Å². The number of carbonyl (C=O) groups excluding carboxylic acids is 1. The molecule has 0 spiro atoms. The molecule has 3 rings (SSSR count). The van der Waals surface area contributed by atoms with Gasteiger partial charge in [-0.3, -0.25) is 4.79 Å². The monoisotopic (exact) mass is 413 g/mol. The van der Waals surface area contributed by atoms with Gasteiger partial charge in [0.25, 0.3) is 5.91 Å². The summed E-state index contributed by atoms with van der Waals surface area (Å²) >= 11 is 0. The summed E-state index contributed by atoms with van der Waals surface area (Å²) in [5, 5.41) is 6.66.